The van der Waals surface area contributed by atoms with E-state index < -0.39 is 0 Å². The van der Waals surface area contributed by atoms with E-state index in [9.17, 15) is 0 Å². The van der Waals surface area contributed by atoms with Gasteiger partial charge in [-0.2, -0.15) is 0 Å². The van der Waals surface area contributed by atoms with Gasteiger partial charge in [0, 0.05) is 26.2 Å². The molecule has 1 unspecified atom stereocenters. The van der Waals surface area contributed by atoms with Crippen molar-refractivity contribution in [2.24, 2.45) is 5.73 Å². The van der Waals surface area contributed by atoms with Crippen LogP contribution in [-0.2, 0) is 14.2 Å². The van der Waals surface area contributed by atoms with Crippen LogP contribution in [-0.4, -0.2) is 45.2 Å². The minimum Gasteiger partial charge on any atom is -0.379 e. The molecule has 1 aliphatic rings. The largest absolute Gasteiger partial charge is 0.379 e. The van der Waals surface area contributed by atoms with Crippen LogP contribution in [0, 0.1) is 0 Å². The van der Waals surface area contributed by atoms with Crippen LogP contribution in [0.1, 0.15) is 116 Å². The monoisotopic (exact) mass is 465 g/mol. The fourth-order valence-corrected chi connectivity index (χ4v) is 4.41. The van der Waals surface area contributed by atoms with Crippen molar-refractivity contribution in [3.8, 4) is 0 Å². The summed E-state index contributed by atoms with van der Waals surface area (Å²) in [4.78, 5) is 0. The van der Waals surface area contributed by atoms with Crippen molar-refractivity contribution in [1.29, 1.82) is 0 Å². The maximum atomic E-state index is 6.36. The molecular weight excluding hydrogens is 410 g/mol. The fraction of sp³-hybridized carbons (Fsp3) is 0.862. The number of unbranched alkanes of at least 4 members (excludes halogenated alkanes) is 14. The van der Waals surface area contributed by atoms with Gasteiger partial charge in [0.15, 0.2) is 0 Å². The highest BCUT2D eigenvalue weighted by molar-refractivity contribution is 5.18. The van der Waals surface area contributed by atoms with Crippen LogP contribution in [0.5, 0.6) is 0 Å². The normalized spacial score (nSPS) is 17.8. The summed E-state index contributed by atoms with van der Waals surface area (Å²) in [6.45, 7) is 6.22. The smallest absolute Gasteiger partial charge is 0.0921 e. The Balaban J connectivity index is 1.94. The lowest BCUT2D eigenvalue weighted by molar-refractivity contribution is -0.0379. The van der Waals surface area contributed by atoms with E-state index in [-0.39, 0.29) is 5.60 Å². The first-order chi connectivity index (χ1) is 16.3. The van der Waals surface area contributed by atoms with Crippen LogP contribution in [0.2, 0.25) is 0 Å². The van der Waals surface area contributed by atoms with Crippen molar-refractivity contribution in [3.63, 3.8) is 0 Å². The molecule has 0 aliphatic heterocycles. The van der Waals surface area contributed by atoms with Gasteiger partial charge in [0.05, 0.1) is 25.4 Å². The Morgan fingerprint density at radius 2 is 1.18 bits per heavy atom. The molecule has 0 bridgehead atoms. The fourth-order valence-electron chi connectivity index (χ4n) is 4.41. The molecule has 0 fully saturated rings. The molecule has 33 heavy (non-hydrogen) atoms. The number of ether oxygens (including phenoxy) is 3. The second kappa shape index (κ2) is 23.1. The number of nitrogens with two attached hydrogens (primary N) is 1. The Morgan fingerprint density at radius 1 is 0.636 bits per heavy atom. The molecule has 0 spiro atoms. The van der Waals surface area contributed by atoms with Gasteiger partial charge in [0.2, 0.25) is 0 Å². The van der Waals surface area contributed by atoms with Crippen LogP contribution in [0.15, 0.2) is 24.3 Å². The first kappa shape index (κ1) is 30.4. The highest BCUT2D eigenvalue weighted by atomic mass is 16.5. The van der Waals surface area contributed by atoms with E-state index in [0.717, 1.165) is 25.9 Å². The minimum atomic E-state index is -0.192. The van der Waals surface area contributed by atoms with Gasteiger partial charge in [-0.25, -0.2) is 0 Å². The molecule has 1 rings (SSSR count). The average molecular weight is 466 g/mol. The summed E-state index contributed by atoms with van der Waals surface area (Å²) >= 11 is 0. The van der Waals surface area contributed by atoms with E-state index in [1.54, 1.807) is 0 Å². The van der Waals surface area contributed by atoms with Gasteiger partial charge in [-0.05, 0) is 12.8 Å². The molecule has 1 aliphatic carbocycles. The van der Waals surface area contributed by atoms with Crippen LogP contribution in [0.4, 0.5) is 0 Å². The summed E-state index contributed by atoms with van der Waals surface area (Å²) in [5.74, 6) is 0. The van der Waals surface area contributed by atoms with Gasteiger partial charge in [0.1, 0.15) is 0 Å². The van der Waals surface area contributed by atoms with Crippen LogP contribution in [0.25, 0.3) is 0 Å². The van der Waals surface area contributed by atoms with Crippen LogP contribution >= 0.6 is 0 Å². The topological polar surface area (TPSA) is 53.7 Å². The number of hydrogen-bond donors (Lipinski definition) is 1. The first-order valence-corrected chi connectivity index (χ1v) is 14.2. The third-order valence-electron chi connectivity index (χ3n) is 6.55. The van der Waals surface area contributed by atoms with Crippen molar-refractivity contribution in [2.75, 3.05) is 39.6 Å². The van der Waals surface area contributed by atoms with E-state index in [4.69, 9.17) is 19.9 Å². The molecule has 0 aromatic heterocycles. The molecule has 0 saturated carbocycles. The molecule has 0 heterocycles. The lowest BCUT2D eigenvalue weighted by atomic mass is 9.91. The van der Waals surface area contributed by atoms with E-state index in [0.29, 0.717) is 33.0 Å². The zero-order valence-electron chi connectivity index (χ0n) is 21.9. The molecule has 1 atom stereocenters. The SMILES string of the molecule is CCCCCCCCCCCCCCCCCOC1(CCOCCOCCN)C=CC=CC1. The molecule has 0 aromatic carbocycles. The summed E-state index contributed by atoms with van der Waals surface area (Å²) in [5, 5.41) is 0. The van der Waals surface area contributed by atoms with E-state index in [1.807, 2.05) is 0 Å². The van der Waals surface area contributed by atoms with Gasteiger partial charge in [-0.15, -0.1) is 0 Å². The van der Waals surface area contributed by atoms with Crippen molar-refractivity contribution in [2.45, 2.75) is 122 Å². The second-order valence-corrected chi connectivity index (χ2v) is 9.62. The van der Waals surface area contributed by atoms with Crippen LogP contribution < -0.4 is 5.73 Å². The third-order valence-corrected chi connectivity index (χ3v) is 6.55. The molecule has 2 N–H and O–H groups in total. The predicted octanol–water partition coefficient (Wildman–Crippen LogP) is 7.51. The molecule has 0 aromatic rings. The van der Waals surface area contributed by atoms with E-state index >= 15 is 0 Å². The molecule has 4 nitrogen and oxygen atoms in total. The zero-order chi connectivity index (χ0) is 23.7. The molecule has 194 valence electrons. The highest BCUT2D eigenvalue weighted by Gasteiger charge is 2.27. The Kier molecular flexibility index (Phi) is 21.2. The summed E-state index contributed by atoms with van der Waals surface area (Å²) in [5.41, 5.74) is 5.23. The highest BCUT2D eigenvalue weighted by Crippen LogP contribution is 2.27. The number of hydrogen-bond acceptors (Lipinski definition) is 4. The standard InChI is InChI=1S/C29H55NO3/c1-2-3-4-5-6-7-8-9-10-11-12-13-14-15-19-24-33-29(20-17-16-18-21-29)22-25-31-27-28-32-26-23-30/h16-18,20H,2-15,19,21-28,30H2,1H3. The van der Waals surface area contributed by atoms with Gasteiger partial charge < -0.3 is 19.9 Å². The molecular formula is C29H55NO3. The summed E-state index contributed by atoms with van der Waals surface area (Å²) in [6.07, 6.45) is 31.3. The van der Waals surface area contributed by atoms with Crippen molar-refractivity contribution >= 4 is 0 Å². The number of allylic oxidation sites excluding steroid dienone is 2. The van der Waals surface area contributed by atoms with Crippen molar-refractivity contribution in [1.82, 2.24) is 0 Å². The maximum Gasteiger partial charge on any atom is 0.0921 e. The van der Waals surface area contributed by atoms with Gasteiger partial charge >= 0.3 is 0 Å². The Labute approximate surface area is 205 Å². The lowest BCUT2D eigenvalue weighted by Crippen LogP contribution is -2.33. The summed E-state index contributed by atoms with van der Waals surface area (Å²) < 4.78 is 17.5. The Bertz CT molecular complexity index is 466. The number of rotatable bonds is 25. The van der Waals surface area contributed by atoms with Gasteiger partial charge in [-0.3, -0.25) is 0 Å². The van der Waals surface area contributed by atoms with Crippen molar-refractivity contribution < 1.29 is 14.2 Å². The Hall–Kier alpha value is -0.680. The van der Waals surface area contributed by atoms with Crippen molar-refractivity contribution in [3.05, 3.63) is 24.3 Å². The zero-order valence-corrected chi connectivity index (χ0v) is 21.9. The maximum absolute atomic E-state index is 6.36. The molecule has 0 saturated heterocycles. The van der Waals surface area contributed by atoms with Gasteiger partial charge in [-0.1, -0.05) is 121 Å². The minimum absolute atomic E-state index is 0.192. The lowest BCUT2D eigenvalue weighted by Gasteiger charge is -2.31. The third kappa shape index (κ3) is 18.3. The Morgan fingerprint density at radius 3 is 1.70 bits per heavy atom. The van der Waals surface area contributed by atoms with Crippen LogP contribution in [0.3, 0.4) is 0 Å². The summed E-state index contributed by atoms with van der Waals surface area (Å²) in [7, 11) is 0. The first-order valence-electron chi connectivity index (χ1n) is 14.2. The van der Waals surface area contributed by atoms with E-state index in [1.165, 1.54) is 89.9 Å². The summed E-state index contributed by atoms with van der Waals surface area (Å²) in [6, 6.07) is 0. The van der Waals surface area contributed by atoms with Gasteiger partial charge in [0.25, 0.3) is 0 Å². The average Bonchev–Trinajstić information content (AvgIpc) is 2.84. The van der Waals surface area contributed by atoms with E-state index in [2.05, 4.69) is 31.2 Å². The molecule has 0 radical (unpaired) electrons. The molecule has 0 amide bonds. The quantitative estimate of drug-likeness (QED) is 0.142. The molecule has 4 heteroatoms. The predicted molar refractivity (Wildman–Crippen MR) is 142 cm³/mol. The second-order valence-electron chi connectivity index (χ2n) is 9.62.